The fourth-order valence-corrected chi connectivity index (χ4v) is 3.75. The van der Waals surface area contributed by atoms with E-state index in [0.29, 0.717) is 24.4 Å². The quantitative estimate of drug-likeness (QED) is 0.0880. The molecular weight excluding hydrogens is 547 g/mol. The van der Waals surface area contributed by atoms with E-state index in [4.69, 9.17) is 32.2 Å². The van der Waals surface area contributed by atoms with Crippen molar-refractivity contribution in [3.05, 3.63) is 90.3 Å². The second-order valence-electron chi connectivity index (χ2n) is 8.56. The number of amidine groups is 1. The fraction of sp³-hybridized carbons (Fsp3) is 0.214. The number of nitrogens with one attached hydrogen (secondary N) is 2. The molecule has 0 spiro atoms. The van der Waals surface area contributed by atoms with Gasteiger partial charge in [0.2, 0.25) is 0 Å². The van der Waals surface area contributed by atoms with Gasteiger partial charge >= 0.3 is 12.1 Å². The second kappa shape index (κ2) is 14.1. The van der Waals surface area contributed by atoms with Gasteiger partial charge in [0.05, 0.1) is 23.0 Å². The third-order valence-electron chi connectivity index (χ3n) is 5.64. The number of fused-ring (bicyclic) bond motifs is 1. The predicted octanol–water partition coefficient (Wildman–Crippen LogP) is 5.71. The van der Waals surface area contributed by atoms with Crippen molar-refractivity contribution in [1.82, 2.24) is 15.3 Å². The van der Waals surface area contributed by atoms with Crippen LogP contribution in [0.25, 0.3) is 22.2 Å². The average Bonchev–Trinajstić information content (AvgIpc) is 3.39. The first-order valence-electron chi connectivity index (χ1n) is 12.1. The molecule has 0 saturated carbocycles. The highest BCUT2D eigenvalue weighted by molar-refractivity contribution is 6.27. The maximum absolute atomic E-state index is 13.1. The number of carbonyl (C=O) groups excluding carboxylic acids is 1. The molecule has 8 nitrogen and oxygen atoms in total. The van der Waals surface area contributed by atoms with Gasteiger partial charge in [0.15, 0.2) is 0 Å². The molecule has 1 heterocycles. The normalized spacial score (nSPS) is 12.3. The van der Waals surface area contributed by atoms with Gasteiger partial charge < -0.3 is 21.1 Å². The van der Waals surface area contributed by atoms with E-state index in [1.54, 1.807) is 0 Å². The van der Waals surface area contributed by atoms with Crippen molar-refractivity contribution in [3.8, 4) is 11.1 Å². The van der Waals surface area contributed by atoms with Crippen LogP contribution in [-0.2, 0) is 4.79 Å². The molecule has 0 saturated heterocycles. The number of hydrogen-bond acceptors (Lipinski definition) is 4. The van der Waals surface area contributed by atoms with Gasteiger partial charge in [0.1, 0.15) is 11.7 Å². The molecule has 1 atom stereocenters. The number of hydrogen-bond donors (Lipinski definition) is 4. The second-order valence-corrected chi connectivity index (χ2v) is 8.83. The standard InChI is InChI=1S/C26H26ClN5O.C2HF3O2/c27-17-24(28)29-16-6-11-23(25-30-21-9-4-5-10-22(21)31-25)32-26(33)20-14-12-19(13-15-20)18-7-2-1-3-8-18;3-2(4,5)1(6)7/h1-5,7-10,12-15,23H,6,11,16-17H2,(H2,28,29)(H,30,31)(H,32,33);(H,6,7)/t23-;/m0./s1. The number of aromatic nitrogens is 2. The van der Waals surface area contributed by atoms with Gasteiger partial charge in [0, 0.05) is 12.1 Å². The first-order valence-corrected chi connectivity index (χ1v) is 12.7. The molecule has 0 fully saturated rings. The summed E-state index contributed by atoms with van der Waals surface area (Å²) in [6, 6.07) is 25.2. The highest BCUT2D eigenvalue weighted by atomic mass is 35.5. The van der Waals surface area contributed by atoms with Crippen LogP contribution in [-0.4, -0.2) is 51.4 Å². The molecule has 0 aliphatic rings. The zero-order valence-electron chi connectivity index (χ0n) is 21.2. The zero-order chi connectivity index (χ0) is 29.1. The predicted molar refractivity (Wildman–Crippen MR) is 148 cm³/mol. The maximum atomic E-state index is 13.1. The van der Waals surface area contributed by atoms with Gasteiger partial charge in [-0.25, -0.2) is 9.78 Å². The lowest BCUT2D eigenvalue weighted by molar-refractivity contribution is -0.192. The number of nitrogens with zero attached hydrogens (tertiary/aromatic N) is 2. The van der Waals surface area contributed by atoms with Crippen LogP contribution in [0, 0.1) is 0 Å². The summed E-state index contributed by atoms with van der Waals surface area (Å²) in [5, 5.41) is 10.3. The minimum absolute atomic E-state index is 0.149. The first kappa shape index (κ1) is 30.2. The van der Waals surface area contributed by atoms with E-state index in [2.05, 4.69) is 15.3 Å². The van der Waals surface area contributed by atoms with Crippen LogP contribution < -0.4 is 11.1 Å². The van der Waals surface area contributed by atoms with Gasteiger partial charge in [-0.05, 0) is 48.2 Å². The topological polar surface area (TPSA) is 133 Å². The Labute approximate surface area is 233 Å². The summed E-state index contributed by atoms with van der Waals surface area (Å²) in [7, 11) is 0. The van der Waals surface area contributed by atoms with E-state index in [-0.39, 0.29) is 17.8 Å². The van der Waals surface area contributed by atoms with E-state index >= 15 is 0 Å². The van der Waals surface area contributed by atoms with Crippen LogP contribution in [0.15, 0.2) is 83.9 Å². The number of aliphatic imine (C=N–C) groups is 1. The molecule has 4 rings (SSSR count). The van der Waals surface area contributed by atoms with Crippen LogP contribution in [0.1, 0.15) is 35.1 Å². The molecule has 0 aliphatic heterocycles. The molecule has 0 aliphatic carbocycles. The molecule has 210 valence electrons. The highest BCUT2D eigenvalue weighted by Crippen LogP contribution is 2.22. The van der Waals surface area contributed by atoms with E-state index in [1.165, 1.54) is 0 Å². The number of rotatable bonds is 9. The Morgan fingerprint density at radius 1 is 1.00 bits per heavy atom. The molecular formula is C28H27ClF3N5O3. The number of carboxylic acids is 1. The van der Waals surface area contributed by atoms with Gasteiger partial charge in [-0.15, -0.1) is 11.6 Å². The average molecular weight is 574 g/mol. The summed E-state index contributed by atoms with van der Waals surface area (Å²) in [5.74, 6) is -1.56. The first-order chi connectivity index (χ1) is 19.1. The van der Waals surface area contributed by atoms with E-state index in [1.807, 2.05) is 78.9 Å². The molecule has 0 radical (unpaired) electrons. The molecule has 4 aromatic rings. The number of carboxylic acid groups (broad SMARTS) is 1. The molecule has 1 aromatic heterocycles. The van der Waals surface area contributed by atoms with Crippen LogP contribution >= 0.6 is 11.6 Å². The number of halogens is 4. The number of aromatic amines is 1. The van der Waals surface area contributed by atoms with Crippen LogP contribution in [0.5, 0.6) is 0 Å². The fourth-order valence-electron chi connectivity index (χ4n) is 3.66. The van der Waals surface area contributed by atoms with Crippen molar-refractivity contribution in [2.24, 2.45) is 10.7 Å². The van der Waals surface area contributed by atoms with E-state index in [0.717, 1.165) is 34.4 Å². The van der Waals surface area contributed by atoms with Crippen molar-refractivity contribution < 1.29 is 27.9 Å². The zero-order valence-corrected chi connectivity index (χ0v) is 21.9. The largest absolute Gasteiger partial charge is 0.490 e. The summed E-state index contributed by atoms with van der Waals surface area (Å²) < 4.78 is 31.7. The smallest absolute Gasteiger partial charge is 0.475 e. The number of H-pyrrole nitrogens is 1. The Hall–Kier alpha value is -4.38. The van der Waals surface area contributed by atoms with E-state index in [9.17, 15) is 18.0 Å². The van der Waals surface area contributed by atoms with Gasteiger partial charge in [-0.1, -0.05) is 54.6 Å². The van der Waals surface area contributed by atoms with Crippen LogP contribution in [0.3, 0.4) is 0 Å². The lowest BCUT2D eigenvalue weighted by Gasteiger charge is -2.17. The molecule has 3 aromatic carbocycles. The third kappa shape index (κ3) is 8.84. The Kier molecular flexibility index (Phi) is 10.7. The maximum Gasteiger partial charge on any atom is 0.490 e. The van der Waals surface area contributed by atoms with Crippen molar-refractivity contribution in [3.63, 3.8) is 0 Å². The Morgan fingerprint density at radius 3 is 2.20 bits per heavy atom. The molecule has 40 heavy (non-hydrogen) atoms. The number of aliphatic carboxylic acids is 1. The summed E-state index contributed by atoms with van der Waals surface area (Å²) >= 11 is 5.69. The molecule has 0 bridgehead atoms. The van der Waals surface area contributed by atoms with Crippen LogP contribution in [0.2, 0.25) is 0 Å². The monoisotopic (exact) mass is 573 g/mol. The van der Waals surface area contributed by atoms with Crippen LogP contribution in [0.4, 0.5) is 13.2 Å². The SMILES string of the molecule is NC(CCl)=NCCC[C@H](NC(=O)c1ccc(-c2ccccc2)cc1)c1nc2ccccc2[nH]1.O=C(O)C(F)(F)F. The third-order valence-corrected chi connectivity index (χ3v) is 5.92. The number of imidazole rings is 1. The molecule has 0 unspecified atom stereocenters. The van der Waals surface area contributed by atoms with Crippen molar-refractivity contribution in [2.75, 3.05) is 12.4 Å². The minimum atomic E-state index is -5.08. The minimum Gasteiger partial charge on any atom is -0.475 e. The van der Waals surface area contributed by atoms with E-state index < -0.39 is 12.1 Å². The number of benzene rings is 3. The molecule has 1 amide bonds. The molecule has 12 heteroatoms. The number of para-hydroxylation sites is 2. The Morgan fingerprint density at radius 2 is 1.60 bits per heavy atom. The number of carbonyl (C=O) groups is 2. The summed E-state index contributed by atoms with van der Waals surface area (Å²) in [4.78, 5) is 34.2. The van der Waals surface area contributed by atoms with Crippen molar-refractivity contribution in [1.29, 1.82) is 0 Å². The van der Waals surface area contributed by atoms with Crippen molar-refractivity contribution >= 4 is 40.3 Å². The Balaban J connectivity index is 0.000000559. The highest BCUT2D eigenvalue weighted by Gasteiger charge is 2.38. The summed E-state index contributed by atoms with van der Waals surface area (Å²) in [6.07, 6.45) is -3.70. The Bertz CT molecular complexity index is 1410. The van der Waals surface area contributed by atoms with Gasteiger partial charge in [-0.2, -0.15) is 13.2 Å². The number of amides is 1. The lowest BCUT2D eigenvalue weighted by Crippen LogP contribution is -2.29. The number of nitrogens with two attached hydrogens (primary N) is 1. The summed E-state index contributed by atoms with van der Waals surface area (Å²) in [6.45, 7) is 0.539. The van der Waals surface area contributed by atoms with Gasteiger partial charge in [0.25, 0.3) is 5.91 Å². The van der Waals surface area contributed by atoms with Crippen molar-refractivity contribution in [2.45, 2.75) is 25.1 Å². The lowest BCUT2D eigenvalue weighted by atomic mass is 10.0. The van der Waals surface area contributed by atoms with Gasteiger partial charge in [-0.3, -0.25) is 9.79 Å². The molecule has 5 N–H and O–H groups in total. The summed E-state index contributed by atoms with van der Waals surface area (Å²) in [5.41, 5.74) is 10.3. The number of alkyl halides is 4.